The molecule has 1 aromatic rings. The number of amides is 1. The van der Waals surface area contributed by atoms with E-state index in [1.54, 1.807) is 0 Å². The van der Waals surface area contributed by atoms with Crippen LogP contribution in [0.15, 0.2) is 39.7 Å². The van der Waals surface area contributed by atoms with E-state index in [4.69, 9.17) is 5.73 Å². The van der Waals surface area contributed by atoms with Crippen LogP contribution in [0.1, 0.15) is 42.1 Å². The average molecular weight is 465 g/mol. The number of aliphatic hydroxyl groups is 3. The molecule has 0 saturated heterocycles. The van der Waals surface area contributed by atoms with E-state index in [-0.39, 0.29) is 35.3 Å². The second-order valence-corrected chi connectivity index (χ2v) is 10.2. The van der Waals surface area contributed by atoms with Crippen molar-refractivity contribution in [2.75, 3.05) is 0 Å². The summed E-state index contributed by atoms with van der Waals surface area (Å²) >= 11 is 0. The molecule has 3 aliphatic carbocycles. The van der Waals surface area contributed by atoms with Crippen LogP contribution < -0.4 is 5.73 Å². The maximum atomic E-state index is 13.4. The molecule has 0 spiro atoms. The third-order valence-corrected chi connectivity index (χ3v) is 7.82. The summed E-state index contributed by atoms with van der Waals surface area (Å²) in [5, 5.41) is 43.0. The van der Waals surface area contributed by atoms with Gasteiger partial charge in [0.1, 0.15) is 22.9 Å². The number of carbonyl (C=O) groups excluding carboxylic acids is 2. The van der Waals surface area contributed by atoms with Gasteiger partial charge in [0.15, 0.2) is 5.78 Å². The predicted octanol–water partition coefficient (Wildman–Crippen LogP) is 1.28. The van der Waals surface area contributed by atoms with Crippen molar-refractivity contribution in [2.45, 2.75) is 43.1 Å². The van der Waals surface area contributed by atoms with Gasteiger partial charge in [0.05, 0.1) is 21.9 Å². The number of allylic oxidation sites excluding steroid dienone is 2. The lowest BCUT2D eigenvalue weighted by molar-refractivity contribution is -0.119. The number of aliphatic hydroxyl groups excluding tert-OH is 2. The Bertz CT molecular complexity index is 1230. The van der Waals surface area contributed by atoms with Crippen LogP contribution in [0.3, 0.4) is 0 Å². The Morgan fingerprint density at radius 2 is 1.81 bits per heavy atom. The molecule has 11 heteroatoms. The zero-order valence-corrected chi connectivity index (χ0v) is 17.9. The first-order chi connectivity index (χ1) is 14.8. The third-order valence-electron chi connectivity index (χ3n) is 6.89. The fourth-order valence-electron chi connectivity index (χ4n) is 5.66. The number of aromatic hydroxyl groups is 1. The molecule has 10 nitrogen and oxygen atoms in total. The van der Waals surface area contributed by atoms with Gasteiger partial charge < -0.3 is 26.2 Å². The van der Waals surface area contributed by atoms with Gasteiger partial charge in [-0.3, -0.25) is 14.1 Å². The summed E-state index contributed by atoms with van der Waals surface area (Å²) in [6, 6.07) is 1.98. The summed E-state index contributed by atoms with van der Waals surface area (Å²) in [6.07, 6.45) is 0.513. The minimum Gasteiger partial charge on any atom is -0.512 e. The molecule has 4 unspecified atom stereocenters. The van der Waals surface area contributed by atoms with Crippen molar-refractivity contribution < 1.29 is 43.0 Å². The molecule has 172 valence electrons. The first kappa shape index (κ1) is 22.3. The summed E-state index contributed by atoms with van der Waals surface area (Å²) in [7, 11) is -4.68. The van der Waals surface area contributed by atoms with Crippen LogP contribution in [0.25, 0.3) is 0 Å². The summed E-state index contributed by atoms with van der Waals surface area (Å²) in [6.45, 7) is 1.23. The Morgan fingerprint density at radius 3 is 2.41 bits per heavy atom. The molecule has 32 heavy (non-hydrogen) atoms. The fourth-order valence-corrected chi connectivity index (χ4v) is 6.40. The molecule has 0 saturated carbocycles. The summed E-state index contributed by atoms with van der Waals surface area (Å²) < 4.78 is 33.2. The van der Waals surface area contributed by atoms with Crippen molar-refractivity contribution in [2.24, 2.45) is 23.5 Å². The standard InChI is InChI=1S/C21H23NO9S/c1-21(28)16-9(7-12(24)17(21)20(22)27)3-2-8-6-10-13(32(29,30)31)5-4-11(23)15(10)18(25)14(8)19(16)26/h4-5,8-9,16,23-24,26,28H,2-3,6-7H2,1H3,(H2,22,27)(H,29,30,31). The molecule has 0 radical (unpaired) electrons. The molecule has 0 heterocycles. The number of hydrogen-bond acceptors (Lipinski definition) is 8. The number of carbonyl (C=O) groups is 2. The number of Topliss-reactive ketones (excluding diaryl/α,β-unsaturated/α-hetero) is 1. The molecular formula is C21H23NO9S. The van der Waals surface area contributed by atoms with Crippen LogP contribution in [0.5, 0.6) is 5.75 Å². The van der Waals surface area contributed by atoms with Crippen LogP contribution in [0, 0.1) is 17.8 Å². The van der Waals surface area contributed by atoms with Gasteiger partial charge in [-0.15, -0.1) is 0 Å². The van der Waals surface area contributed by atoms with Crippen molar-refractivity contribution in [1.29, 1.82) is 0 Å². The lowest BCUT2D eigenvalue weighted by Gasteiger charge is -2.42. The number of rotatable bonds is 2. The normalized spacial score (nSPS) is 30.3. The predicted molar refractivity (Wildman–Crippen MR) is 109 cm³/mol. The molecule has 0 bridgehead atoms. The number of benzene rings is 1. The molecule has 4 atom stereocenters. The van der Waals surface area contributed by atoms with Crippen molar-refractivity contribution >= 4 is 21.8 Å². The van der Waals surface area contributed by atoms with E-state index >= 15 is 0 Å². The van der Waals surface area contributed by atoms with Crippen LogP contribution >= 0.6 is 0 Å². The van der Waals surface area contributed by atoms with Gasteiger partial charge in [-0.1, -0.05) is 0 Å². The first-order valence-electron chi connectivity index (χ1n) is 10.0. The smallest absolute Gasteiger partial charge is 0.294 e. The second kappa shape index (κ2) is 7.06. The van der Waals surface area contributed by atoms with E-state index in [0.717, 1.165) is 12.1 Å². The molecule has 0 fully saturated rings. The number of primary amides is 1. The van der Waals surface area contributed by atoms with Gasteiger partial charge in [0, 0.05) is 12.0 Å². The van der Waals surface area contributed by atoms with Gasteiger partial charge in [0.25, 0.3) is 16.0 Å². The number of hydrogen-bond donors (Lipinski definition) is 6. The van der Waals surface area contributed by atoms with Crippen molar-refractivity contribution in [3.05, 3.63) is 45.9 Å². The van der Waals surface area contributed by atoms with E-state index in [1.807, 2.05) is 0 Å². The number of ketones is 1. The Labute approximate surface area is 183 Å². The number of phenols is 1. The second-order valence-electron chi connectivity index (χ2n) is 8.79. The minimum atomic E-state index is -4.68. The molecule has 0 aromatic heterocycles. The number of nitrogens with two attached hydrogens (primary N) is 1. The lowest BCUT2D eigenvalue weighted by Crippen LogP contribution is -2.49. The summed E-state index contributed by atoms with van der Waals surface area (Å²) in [4.78, 5) is 24.8. The quantitative estimate of drug-likeness (QED) is 0.349. The highest BCUT2D eigenvalue weighted by Crippen LogP contribution is 2.52. The zero-order valence-electron chi connectivity index (χ0n) is 17.1. The number of fused-ring (bicyclic) bond motifs is 3. The van der Waals surface area contributed by atoms with Crippen LogP contribution in [-0.2, 0) is 21.3 Å². The maximum Gasteiger partial charge on any atom is 0.294 e. The molecular weight excluding hydrogens is 442 g/mol. The fraction of sp³-hybridized carbons (Fsp3) is 0.429. The van der Waals surface area contributed by atoms with E-state index in [9.17, 15) is 43.0 Å². The van der Waals surface area contributed by atoms with E-state index in [1.165, 1.54) is 6.92 Å². The maximum absolute atomic E-state index is 13.4. The van der Waals surface area contributed by atoms with Crippen LogP contribution in [0.4, 0.5) is 0 Å². The zero-order chi connectivity index (χ0) is 23.7. The van der Waals surface area contributed by atoms with Gasteiger partial charge in [0.2, 0.25) is 0 Å². The molecule has 3 aliphatic rings. The van der Waals surface area contributed by atoms with E-state index in [2.05, 4.69) is 0 Å². The highest BCUT2D eigenvalue weighted by molar-refractivity contribution is 7.85. The topological polar surface area (TPSA) is 195 Å². The van der Waals surface area contributed by atoms with Crippen molar-refractivity contribution in [3.63, 3.8) is 0 Å². The van der Waals surface area contributed by atoms with Crippen LogP contribution in [-0.4, -0.2) is 50.7 Å². The summed E-state index contributed by atoms with van der Waals surface area (Å²) in [5.41, 5.74) is 2.35. The molecule has 1 aromatic carbocycles. The molecule has 1 amide bonds. The molecule has 7 N–H and O–H groups in total. The monoisotopic (exact) mass is 465 g/mol. The molecule has 4 rings (SSSR count). The first-order valence-corrected chi connectivity index (χ1v) is 11.5. The SMILES string of the molecule is CC1(O)C(C(N)=O)=C(O)CC2CCC3Cc4c(S(=O)(=O)O)ccc(O)c4C(=O)C3=C(O)C21. The van der Waals surface area contributed by atoms with Crippen molar-refractivity contribution in [3.8, 4) is 5.75 Å². The Balaban J connectivity index is 1.93. The number of phenolic OH excluding ortho intramolecular Hbond substituents is 1. The molecule has 0 aliphatic heterocycles. The lowest BCUT2D eigenvalue weighted by atomic mass is 9.66. The van der Waals surface area contributed by atoms with E-state index in [0.29, 0.717) is 12.8 Å². The van der Waals surface area contributed by atoms with Gasteiger partial charge >= 0.3 is 0 Å². The summed E-state index contributed by atoms with van der Waals surface area (Å²) in [5.74, 6) is -5.59. The van der Waals surface area contributed by atoms with Gasteiger partial charge in [-0.25, -0.2) is 0 Å². The Morgan fingerprint density at radius 1 is 1.16 bits per heavy atom. The minimum absolute atomic E-state index is 0.0468. The average Bonchev–Trinajstić information content (AvgIpc) is 2.77. The Kier molecular flexibility index (Phi) is 4.92. The third kappa shape index (κ3) is 3.11. The van der Waals surface area contributed by atoms with Gasteiger partial charge in [-0.2, -0.15) is 8.42 Å². The van der Waals surface area contributed by atoms with E-state index < -0.39 is 67.1 Å². The highest BCUT2D eigenvalue weighted by atomic mass is 32.2. The Hall–Kier alpha value is -2.89. The largest absolute Gasteiger partial charge is 0.512 e. The van der Waals surface area contributed by atoms with Crippen molar-refractivity contribution in [1.82, 2.24) is 0 Å². The highest BCUT2D eigenvalue weighted by Gasteiger charge is 2.53. The van der Waals surface area contributed by atoms with Crippen LogP contribution in [0.2, 0.25) is 0 Å². The van der Waals surface area contributed by atoms with Gasteiger partial charge in [-0.05, 0) is 55.7 Å².